The van der Waals surface area contributed by atoms with Crippen molar-refractivity contribution in [1.29, 1.82) is 5.26 Å². The molecule has 1 atom stereocenters. The Labute approximate surface area is 174 Å². The molecule has 0 spiro atoms. The zero-order valence-electron chi connectivity index (χ0n) is 17.0. The Hall–Kier alpha value is -3.41. The lowest BCUT2D eigenvalue weighted by Gasteiger charge is -2.48. The van der Waals surface area contributed by atoms with Gasteiger partial charge in [0.25, 0.3) is 11.8 Å². The van der Waals surface area contributed by atoms with Gasteiger partial charge in [0.2, 0.25) is 11.6 Å². The van der Waals surface area contributed by atoms with E-state index in [9.17, 15) is 19.2 Å². The van der Waals surface area contributed by atoms with Gasteiger partial charge in [-0.1, -0.05) is 26.0 Å². The summed E-state index contributed by atoms with van der Waals surface area (Å²) in [6.45, 7) is 3.67. The van der Waals surface area contributed by atoms with Crippen molar-refractivity contribution in [3.8, 4) is 6.07 Å². The fraction of sp³-hybridized carbons (Fsp3) is 0.476. The number of nitriles is 1. The molecule has 2 aliphatic heterocycles. The third kappa shape index (κ3) is 3.61. The molecule has 30 heavy (non-hydrogen) atoms. The van der Waals surface area contributed by atoms with Crippen LogP contribution in [0.3, 0.4) is 0 Å². The lowest BCUT2D eigenvalue weighted by molar-refractivity contribution is -0.160. The molecule has 1 aromatic carbocycles. The van der Waals surface area contributed by atoms with Gasteiger partial charge >= 0.3 is 5.97 Å². The molecule has 3 rings (SSSR count). The Morgan fingerprint density at radius 2 is 2.03 bits per heavy atom. The van der Waals surface area contributed by atoms with Gasteiger partial charge in [0.15, 0.2) is 6.61 Å². The number of carbonyl (C=O) groups excluding carboxylic acids is 4. The molecule has 0 radical (unpaired) electrons. The smallest absolute Gasteiger partial charge is 0.354 e. The number of hydrogen-bond donors (Lipinski definition) is 1. The molecule has 1 saturated heterocycles. The molecule has 0 aromatic heterocycles. The van der Waals surface area contributed by atoms with Crippen LogP contribution >= 0.6 is 0 Å². The Morgan fingerprint density at radius 1 is 1.30 bits per heavy atom. The normalized spacial score (nSPS) is 19.9. The van der Waals surface area contributed by atoms with Crippen molar-refractivity contribution in [2.24, 2.45) is 5.92 Å². The van der Waals surface area contributed by atoms with E-state index in [0.29, 0.717) is 11.3 Å². The zero-order valence-corrected chi connectivity index (χ0v) is 17.0. The van der Waals surface area contributed by atoms with Crippen molar-refractivity contribution in [1.82, 2.24) is 10.2 Å². The predicted octanol–water partition coefficient (Wildman–Crippen LogP) is 1.19. The van der Waals surface area contributed by atoms with Crippen molar-refractivity contribution in [3.05, 3.63) is 29.8 Å². The Kier molecular flexibility index (Phi) is 6.06. The number of anilines is 1. The van der Waals surface area contributed by atoms with Gasteiger partial charge in [-0.05, 0) is 18.1 Å². The van der Waals surface area contributed by atoms with Crippen LogP contribution in [0.5, 0.6) is 0 Å². The molecule has 0 bridgehead atoms. The first-order valence-electron chi connectivity index (χ1n) is 9.88. The van der Waals surface area contributed by atoms with Crippen molar-refractivity contribution in [2.75, 3.05) is 24.6 Å². The first-order valence-corrected chi connectivity index (χ1v) is 9.88. The van der Waals surface area contributed by atoms with Crippen LogP contribution in [0.15, 0.2) is 24.3 Å². The summed E-state index contributed by atoms with van der Waals surface area (Å²) in [5.41, 5.74) is -0.883. The van der Waals surface area contributed by atoms with E-state index in [-0.39, 0.29) is 50.1 Å². The van der Waals surface area contributed by atoms with Crippen LogP contribution in [0.4, 0.5) is 5.69 Å². The zero-order chi connectivity index (χ0) is 21.9. The van der Waals surface area contributed by atoms with E-state index in [1.54, 1.807) is 24.3 Å². The fourth-order valence-electron chi connectivity index (χ4n) is 3.92. The van der Waals surface area contributed by atoms with Gasteiger partial charge in [0, 0.05) is 25.9 Å². The molecule has 1 fully saturated rings. The average Bonchev–Trinajstić information content (AvgIpc) is 3.07. The van der Waals surface area contributed by atoms with Crippen molar-refractivity contribution in [3.63, 3.8) is 0 Å². The number of amides is 3. The summed E-state index contributed by atoms with van der Waals surface area (Å²) in [5.74, 6) is -1.95. The average molecular weight is 412 g/mol. The molecular weight excluding hydrogens is 388 g/mol. The van der Waals surface area contributed by atoms with Gasteiger partial charge in [-0.25, -0.2) is 4.79 Å². The quantitative estimate of drug-likeness (QED) is 0.531. The highest BCUT2D eigenvalue weighted by Crippen LogP contribution is 2.45. The molecule has 0 saturated carbocycles. The van der Waals surface area contributed by atoms with Crippen LogP contribution in [0.25, 0.3) is 0 Å². The summed E-state index contributed by atoms with van der Waals surface area (Å²) >= 11 is 0. The van der Waals surface area contributed by atoms with E-state index in [4.69, 9.17) is 10.00 Å². The van der Waals surface area contributed by atoms with Crippen LogP contribution in [-0.2, 0) is 19.1 Å². The van der Waals surface area contributed by atoms with Crippen LogP contribution in [0.1, 0.15) is 43.5 Å². The summed E-state index contributed by atoms with van der Waals surface area (Å²) in [7, 11) is 0. The monoisotopic (exact) mass is 412 g/mol. The van der Waals surface area contributed by atoms with E-state index >= 15 is 0 Å². The second kappa shape index (κ2) is 8.53. The van der Waals surface area contributed by atoms with Crippen LogP contribution in [0.2, 0.25) is 0 Å². The largest absolute Gasteiger partial charge is 0.452 e. The number of nitrogens with zero attached hydrogens (tertiary/aromatic N) is 3. The maximum atomic E-state index is 13.3. The molecule has 9 nitrogen and oxygen atoms in total. The maximum absolute atomic E-state index is 13.3. The predicted molar refractivity (Wildman–Crippen MR) is 106 cm³/mol. The van der Waals surface area contributed by atoms with Crippen molar-refractivity contribution < 1.29 is 23.9 Å². The number of benzene rings is 1. The summed E-state index contributed by atoms with van der Waals surface area (Å²) in [5, 5.41) is 11.0. The van der Waals surface area contributed by atoms with E-state index in [0.717, 1.165) is 0 Å². The summed E-state index contributed by atoms with van der Waals surface area (Å²) in [4.78, 5) is 54.1. The minimum atomic E-state index is -1.61. The van der Waals surface area contributed by atoms with E-state index in [1.165, 1.54) is 9.80 Å². The van der Waals surface area contributed by atoms with E-state index in [2.05, 4.69) is 5.32 Å². The van der Waals surface area contributed by atoms with E-state index in [1.807, 2.05) is 19.9 Å². The molecular formula is C21H24N4O5. The molecule has 1 N–H and O–H groups in total. The summed E-state index contributed by atoms with van der Waals surface area (Å²) < 4.78 is 5.28. The molecule has 158 valence electrons. The molecule has 9 heteroatoms. The standard InChI is InChI=1S/C21H24N4O5/c1-14(2)12-24-19(28)15-6-3-4-7-16(15)25-18(27)8-9-21(24,25)20(29)30-13-17(26)23-11-5-10-22/h3-4,6-7,14H,5,8-9,11-13H2,1-2H3,(H,23,26)/t21-/m0/s1. The van der Waals surface area contributed by atoms with Crippen molar-refractivity contribution >= 4 is 29.4 Å². The van der Waals surface area contributed by atoms with Crippen LogP contribution < -0.4 is 10.2 Å². The first kappa shape index (κ1) is 21.3. The summed E-state index contributed by atoms with van der Waals surface area (Å²) in [6, 6.07) is 8.59. The first-order chi connectivity index (χ1) is 14.3. The number of nitrogens with one attached hydrogen (secondary N) is 1. The second-order valence-corrected chi connectivity index (χ2v) is 7.71. The number of rotatable bonds is 7. The van der Waals surface area contributed by atoms with Gasteiger partial charge < -0.3 is 15.0 Å². The third-order valence-electron chi connectivity index (χ3n) is 5.14. The highest BCUT2D eigenvalue weighted by molar-refractivity contribution is 6.15. The highest BCUT2D eigenvalue weighted by Gasteiger charge is 2.62. The van der Waals surface area contributed by atoms with Gasteiger partial charge in [-0.15, -0.1) is 0 Å². The molecule has 0 aliphatic carbocycles. The Morgan fingerprint density at radius 3 is 2.73 bits per heavy atom. The van der Waals surface area contributed by atoms with Crippen LogP contribution in [0, 0.1) is 17.2 Å². The lowest BCUT2D eigenvalue weighted by atomic mass is 9.95. The minimum Gasteiger partial charge on any atom is -0.452 e. The Balaban J connectivity index is 1.94. The maximum Gasteiger partial charge on any atom is 0.354 e. The number of para-hydroxylation sites is 1. The number of carbonyl (C=O) groups is 4. The van der Waals surface area contributed by atoms with Gasteiger partial charge in [0.05, 0.1) is 23.7 Å². The minimum absolute atomic E-state index is 0.0377. The van der Waals surface area contributed by atoms with Gasteiger partial charge in [0.1, 0.15) is 0 Å². The van der Waals surface area contributed by atoms with Crippen molar-refractivity contribution in [2.45, 2.75) is 38.8 Å². The summed E-state index contributed by atoms with van der Waals surface area (Å²) in [6.07, 6.45) is 0.312. The molecule has 3 amide bonds. The fourth-order valence-corrected chi connectivity index (χ4v) is 3.92. The molecule has 1 aromatic rings. The number of esters is 1. The van der Waals surface area contributed by atoms with E-state index < -0.39 is 24.1 Å². The topological polar surface area (TPSA) is 120 Å². The number of fused-ring (bicyclic) bond motifs is 3. The van der Waals surface area contributed by atoms with Gasteiger partial charge in [-0.3, -0.25) is 19.3 Å². The van der Waals surface area contributed by atoms with Gasteiger partial charge in [-0.2, -0.15) is 5.26 Å². The second-order valence-electron chi connectivity index (χ2n) is 7.71. The third-order valence-corrected chi connectivity index (χ3v) is 5.14. The molecule has 2 aliphatic rings. The number of ether oxygens (including phenoxy) is 1. The van der Waals surface area contributed by atoms with Crippen LogP contribution in [-0.4, -0.2) is 54.0 Å². The Bertz CT molecular complexity index is 922. The molecule has 2 heterocycles. The lowest BCUT2D eigenvalue weighted by Crippen LogP contribution is -2.69. The number of hydrogen-bond acceptors (Lipinski definition) is 6. The molecule has 0 unspecified atom stereocenters. The highest BCUT2D eigenvalue weighted by atomic mass is 16.5. The SMILES string of the molecule is CC(C)CN1C(=O)c2ccccc2N2C(=O)CC[C@]12C(=O)OCC(=O)NCCC#N.